The lowest BCUT2D eigenvalue weighted by Gasteiger charge is -2.33. The van der Waals surface area contributed by atoms with Crippen LogP contribution in [-0.2, 0) is 16.6 Å². The lowest BCUT2D eigenvalue weighted by atomic mass is 9.96. The third-order valence-electron chi connectivity index (χ3n) is 4.05. The first-order chi connectivity index (χ1) is 11.2. The van der Waals surface area contributed by atoms with Crippen molar-refractivity contribution >= 4 is 22.8 Å². The van der Waals surface area contributed by atoms with Crippen molar-refractivity contribution in [2.75, 3.05) is 0 Å². The van der Waals surface area contributed by atoms with Gasteiger partial charge in [-0.25, -0.2) is 4.79 Å². The summed E-state index contributed by atoms with van der Waals surface area (Å²) in [5.74, 6) is 0.00738. The summed E-state index contributed by atoms with van der Waals surface area (Å²) in [6.07, 6.45) is 4.77. The molecule has 5 nitrogen and oxygen atoms in total. The minimum absolute atomic E-state index is 0.00738. The number of ether oxygens (including phenoxy) is 1. The summed E-state index contributed by atoms with van der Waals surface area (Å²) in [5, 5.41) is 1.08. The second kappa shape index (κ2) is 5.82. The highest BCUT2D eigenvalue weighted by molar-refractivity contribution is 5.92. The fourth-order valence-electron chi connectivity index (χ4n) is 2.91. The first kappa shape index (κ1) is 16.3. The van der Waals surface area contributed by atoms with E-state index in [-0.39, 0.29) is 18.2 Å². The molecular weight excluding hydrogens is 304 g/mol. The standard InChI is InChI=1S/C19H22N2O3/c1-19(2,3)24-18(23)21-10-8-15(22)12-17(21)13-5-6-16-14(11-13)7-9-20(16)4/h5-11,17H,12H2,1-4H3. The molecule has 126 valence electrons. The number of aromatic nitrogens is 1. The third kappa shape index (κ3) is 3.20. The summed E-state index contributed by atoms with van der Waals surface area (Å²) in [4.78, 5) is 25.9. The Morgan fingerprint density at radius 2 is 2.00 bits per heavy atom. The number of allylic oxidation sites excluding steroid dienone is 1. The van der Waals surface area contributed by atoms with E-state index in [9.17, 15) is 9.59 Å². The maximum absolute atomic E-state index is 12.5. The molecule has 5 heteroatoms. The van der Waals surface area contributed by atoms with Gasteiger partial charge in [0.25, 0.3) is 0 Å². The van der Waals surface area contributed by atoms with Gasteiger partial charge in [-0.15, -0.1) is 0 Å². The number of fused-ring (bicyclic) bond motifs is 1. The van der Waals surface area contributed by atoms with E-state index in [1.54, 1.807) is 0 Å². The van der Waals surface area contributed by atoms with Crippen LogP contribution in [0.15, 0.2) is 42.7 Å². The SMILES string of the molecule is Cn1ccc2cc(C3CC(=O)C=CN3C(=O)OC(C)(C)C)ccc21. The van der Waals surface area contributed by atoms with E-state index in [0.29, 0.717) is 0 Å². The number of nitrogens with zero attached hydrogens (tertiary/aromatic N) is 2. The van der Waals surface area contributed by atoms with Crippen LogP contribution in [0.4, 0.5) is 4.79 Å². The predicted octanol–water partition coefficient (Wildman–Crippen LogP) is 3.94. The van der Waals surface area contributed by atoms with Crippen molar-refractivity contribution in [2.24, 2.45) is 7.05 Å². The Morgan fingerprint density at radius 3 is 2.71 bits per heavy atom. The van der Waals surface area contributed by atoms with Crippen LogP contribution in [-0.4, -0.2) is 26.9 Å². The van der Waals surface area contributed by atoms with E-state index in [1.165, 1.54) is 17.2 Å². The van der Waals surface area contributed by atoms with Crippen molar-refractivity contribution in [2.45, 2.75) is 38.8 Å². The molecule has 0 aliphatic carbocycles. The molecule has 0 N–H and O–H groups in total. The first-order valence-electron chi connectivity index (χ1n) is 8.02. The Morgan fingerprint density at radius 1 is 1.25 bits per heavy atom. The van der Waals surface area contributed by atoms with Gasteiger partial charge in [0, 0.05) is 31.4 Å². The highest BCUT2D eigenvalue weighted by atomic mass is 16.6. The summed E-state index contributed by atoms with van der Waals surface area (Å²) in [6.45, 7) is 5.48. The first-order valence-corrected chi connectivity index (χ1v) is 8.02. The molecule has 1 aliphatic heterocycles. The van der Waals surface area contributed by atoms with Crippen LogP contribution in [0.25, 0.3) is 10.9 Å². The minimum Gasteiger partial charge on any atom is -0.443 e. The molecule has 0 bridgehead atoms. The second-order valence-electron chi connectivity index (χ2n) is 7.13. The van der Waals surface area contributed by atoms with Crippen molar-refractivity contribution in [1.29, 1.82) is 0 Å². The molecule has 1 atom stereocenters. The Labute approximate surface area is 141 Å². The zero-order valence-corrected chi connectivity index (χ0v) is 14.4. The van der Waals surface area contributed by atoms with Crippen LogP contribution in [0.5, 0.6) is 0 Å². The number of benzene rings is 1. The number of carbonyl (C=O) groups is 2. The van der Waals surface area contributed by atoms with Gasteiger partial charge in [0.15, 0.2) is 5.78 Å². The number of hydrogen-bond acceptors (Lipinski definition) is 3. The quantitative estimate of drug-likeness (QED) is 0.797. The summed E-state index contributed by atoms with van der Waals surface area (Å²) >= 11 is 0. The molecule has 0 fully saturated rings. The number of ketones is 1. The Bertz CT molecular complexity index is 827. The van der Waals surface area contributed by atoms with Gasteiger partial charge in [0.2, 0.25) is 0 Å². The zero-order valence-electron chi connectivity index (χ0n) is 14.4. The van der Waals surface area contributed by atoms with Gasteiger partial charge in [0.1, 0.15) is 5.60 Å². The van der Waals surface area contributed by atoms with Gasteiger partial charge >= 0.3 is 6.09 Å². The van der Waals surface area contributed by atoms with Crippen LogP contribution in [0, 0.1) is 0 Å². The van der Waals surface area contributed by atoms with Crippen molar-refractivity contribution in [3.8, 4) is 0 Å². The van der Waals surface area contributed by atoms with Crippen molar-refractivity contribution in [1.82, 2.24) is 9.47 Å². The van der Waals surface area contributed by atoms with Crippen molar-refractivity contribution in [3.63, 3.8) is 0 Å². The number of aryl methyl sites for hydroxylation is 1. The van der Waals surface area contributed by atoms with Gasteiger partial charge in [-0.2, -0.15) is 0 Å². The minimum atomic E-state index is -0.583. The molecule has 0 spiro atoms. The molecule has 2 heterocycles. The highest BCUT2D eigenvalue weighted by Crippen LogP contribution is 2.32. The molecule has 1 aromatic heterocycles. The van der Waals surface area contributed by atoms with Gasteiger partial charge in [-0.05, 0) is 56.0 Å². The van der Waals surface area contributed by atoms with Gasteiger partial charge in [0.05, 0.1) is 6.04 Å². The fraction of sp³-hybridized carbons (Fsp3) is 0.368. The summed E-state index contributed by atoms with van der Waals surface area (Å²) < 4.78 is 7.51. The molecule has 2 aromatic rings. The van der Waals surface area contributed by atoms with Crippen LogP contribution >= 0.6 is 0 Å². The zero-order chi connectivity index (χ0) is 17.5. The molecule has 3 rings (SSSR count). The van der Waals surface area contributed by atoms with Crippen molar-refractivity contribution in [3.05, 3.63) is 48.3 Å². The van der Waals surface area contributed by atoms with Gasteiger partial charge in [-0.1, -0.05) is 6.07 Å². The molecule has 24 heavy (non-hydrogen) atoms. The molecule has 1 aromatic carbocycles. The van der Waals surface area contributed by atoms with E-state index in [4.69, 9.17) is 4.74 Å². The normalized spacial score (nSPS) is 18.2. The topological polar surface area (TPSA) is 51.5 Å². The summed E-state index contributed by atoms with van der Waals surface area (Å²) in [6, 6.07) is 7.69. The van der Waals surface area contributed by atoms with E-state index in [1.807, 2.05) is 62.8 Å². The number of carbonyl (C=O) groups excluding carboxylic acids is 2. The van der Waals surface area contributed by atoms with E-state index in [0.717, 1.165) is 16.5 Å². The summed E-state index contributed by atoms with van der Waals surface area (Å²) in [5.41, 5.74) is 1.46. The maximum atomic E-state index is 12.5. The molecule has 1 aliphatic rings. The number of hydrogen-bond donors (Lipinski definition) is 0. The van der Waals surface area contributed by atoms with Crippen LogP contribution in [0.1, 0.15) is 38.8 Å². The Hall–Kier alpha value is -2.56. The third-order valence-corrected chi connectivity index (χ3v) is 4.05. The lowest BCUT2D eigenvalue weighted by molar-refractivity contribution is -0.116. The predicted molar refractivity (Wildman–Crippen MR) is 92.5 cm³/mol. The second-order valence-corrected chi connectivity index (χ2v) is 7.13. The fourth-order valence-corrected chi connectivity index (χ4v) is 2.91. The van der Waals surface area contributed by atoms with Crippen LogP contribution in [0.2, 0.25) is 0 Å². The van der Waals surface area contributed by atoms with Crippen LogP contribution < -0.4 is 0 Å². The maximum Gasteiger partial charge on any atom is 0.414 e. The largest absolute Gasteiger partial charge is 0.443 e. The average Bonchev–Trinajstić information content (AvgIpc) is 2.86. The number of amides is 1. The van der Waals surface area contributed by atoms with Gasteiger partial charge < -0.3 is 9.30 Å². The molecule has 0 saturated carbocycles. The van der Waals surface area contributed by atoms with E-state index < -0.39 is 11.7 Å². The Kier molecular flexibility index (Phi) is 3.95. The average molecular weight is 326 g/mol. The van der Waals surface area contributed by atoms with Crippen LogP contribution in [0.3, 0.4) is 0 Å². The highest BCUT2D eigenvalue weighted by Gasteiger charge is 2.32. The lowest BCUT2D eigenvalue weighted by Crippen LogP contribution is -2.38. The van der Waals surface area contributed by atoms with E-state index >= 15 is 0 Å². The molecule has 1 unspecified atom stereocenters. The smallest absolute Gasteiger partial charge is 0.414 e. The number of rotatable bonds is 1. The monoisotopic (exact) mass is 326 g/mol. The van der Waals surface area contributed by atoms with Gasteiger partial charge in [-0.3, -0.25) is 9.69 Å². The summed E-state index contributed by atoms with van der Waals surface area (Å²) in [7, 11) is 1.99. The molecule has 0 saturated heterocycles. The van der Waals surface area contributed by atoms with E-state index in [2.05, 4.69) is 0 Å². The Balaban J connectivity index is 1.96. The molecule has 1 amide bonds. The molecule has 0 radical (unpaired) electrons. The van der Waals surface area contributed by atoms with Crippen molar-refractivity contribution < 1.29 is 14.3 Å². The molecular formula is C19H22N2O3.